The van der Waals surface area contributed by atoms with Crippen LogP contribution in [0.4, 0.5) is 0 Å². The van der Waals surface area contributed by atoms with Crippen molar-refractivity contribution in [1.82, 2.24) is 10.0 Å². The van der Waals surface area contributed by atoms with Gasteiger partial charge in [0.25, 0.3) is 5.91 Å². The lowest BCUT2D eigenvalue weighted by molar-refractivity contribution is 0.0948. The minimum atomic E-state index is -3.47. The summed E-state index contributed by atoms with van der Waals surface area (Å²) >= 11 is 0. The van der Waals surface area contributed by atoms with Crippen LogP contribution < -0.4 is 14.8 Å². The largest absolute Gasteiger partial charge is 0.489 e. The number of rotatable bonds is 10. The van der Waals surface area contributed by atoms with Crippen molar-refractivity contribution in [2.75, 3.05) is 0 Å². The lowest BCUT2D eigenvalue weighted by Crippen LogP contribution is -2.32. The SMILES string of the molecule is CC(C)NS(=O)(=O)Cc1ccccc1CNC(=O)c1ccccc1COc1ccccc1. The van der Waals surface area contributed by atoms with Crippen LogP contribution >= 0.6 is 0 Å². The Morgan fingerprint density at radius 3 is 2.12 bits per heavy atom. The summed E-state index contributed by atoms with van der Waals surface area (Å²) in [6.07, 6.45) is 0. The quantitative estimate of drug-likeness (QED) is 0.487. The molecular weight excluding hydrogens is 424 g/mol. The second kappa shape index (κ2) is 10.9. The molecule has 0 atom stereocenters. The number of benzene rings is 3. The number of hydrogen-bond acceptors (Lipinski definition) is 4. The number of ether oxygens (including phenoxy) is 1. The van der Waals surface area contributed by atoms with Gasteiger partial charge < -0.3 is 10.1 Å². The van der Waals surface area contributed by atoms with E-state index in [-0.39, 0.29) is 30.9 Å². The summed E-state index contributed by atoms with van der Waals surface area (Å²) < 4.78 is 33.1. The lowest BCUT2D eigenvalue weighted by atomic mass is 10.1. The normalized spacial score (nSPS) is 11.3. The first-order valence-corrected chi connectivity index (χ1v) is 12.1. The molecule has 0 spiro atoms. The molecule has 3 aromatic rings. The molecule has 1 amide bonds. The Kier molecular flexibility index (Phi) is 8.03. The molecule has 0 aliphatic rings. The molecule has 0 radical (unpaired) electrons. The van der Waals surface area contributed by atoms with Crippen molar-refractivity contribution in [3.63, 3.8) is 0 Å². The molecule has 0 bridgehead atoms. The first-order chi connectivity index (χ1) is 15.3. The van der Waals surface area contributed by atoms with Gasteiger partial charge in [0.1, 0.15) is 12.4 Å². The fraction of sp³-hybridized carbons (Fsp3) is 0.240. The predicted molar refractivity (Wildman–Crippen MR) is 126 cm³/mol. The summed E-state index contributed by atoms with van der Waals surface area (Å²) in [7, 11) is -3.47. The smallest absolute Gasteiger partial charge is 0.251 e. The second-order valence-corrected chi connectivity index (χ2v) is 9.50. The average molecular weight is 453 g/mol. The van der Waals surface area contributed by atoms with Crippen LogP contribution in [0.1, 0.15) is 40.9 Å². The van der Waals surface area contributed by atoms with E-state index in [1.807, 2.05) is 54.6 Å². The van der Waals surface area contributed by atoms with Crippen molar-refractivity contribution < 1.29 is 17.9 Å². The molecule has 6 nitrogen and oxygen atoms in total. The van der Waals surface area contributed by atoms with Crippen LogP contribution in [0.3, 0.4) is 0 Å². The second-order valence-electron chi connectivity index (χ2n) is 7.74. The highest BCUT2D eigenvalue weighted by Crippen LogP contribution is 2.16. The monoisotopic (exact) mass is 452 g/mol. The molecule has 0 aromatic heterocycles. The number of carbonyl (C=O) groups is 1. The van der Waals surface area contributed by atoms with E-state index in [0.29, 0.717) is 11.1 Å². The summed E-state index contributed by atoms with van der Waals surface area (Å²) in [4.78, 5) is 12.9. The van der Waals surface area contributed by atoms with E-state index in [0.717, 1.165) is 16.9 Å². The zero-order valence-electron chi connectivity index (χ0n) is 18.2. The first kappa shape index (κ1) is 23.5. The average Bonchev–Trinajstić information content (AvgIpc) is 2.76. The van der Waals surface area contributed by atoms with E-state index in [4.69, 9.17) is 4.74 Å². The fourth-order valence-electron chi connectivity index (χ4n) is 3.29. The summed E-state index contributed by atoms with van der Waals surface area (Å²) in [5.74, 6) is 0.349. The minimum absolute atomic E-state index is 0.140. The van der Waals surface area contributed by atoms with Crippen molar-refractivity contribution in [2.24, 2.45) is 0 Å². The van der Waals surface area contributed by atoms with Gasteiger partial charge in [-0.2, -0.15) is 0 Å². The number of hydrogen-bond donors (Lipinski definition) is 2. The lowest BCUT2D eigenvalue weighted by Gasteiger charge is -2.14. The molecule has 0 saturated heterocycles. The van der Waals surface area contributed by atoms with E-state index in [9.17, 15) is 13.2 Å². The zero-order valence-corrected chi connectivity index (χ0v) is 19.1. The van der Waals surface area contributed by atoms with Crippen molar-refractivity contribution in [1.29, 1.82) is 0 Å². The molecule has 3 aromatic carbocycles. The molecule has 0 saturated carbocycles. The highest BCUT2D eigenvalue weighted by molar-refractivity contribution is 7.88. The maximum atomic E-state index is 12.9. The molecule has 0 unspecified atom stereocenters. The standard InChI is InChI=1S/C25H28N2O4S/c1-19(2)27-32(29,30)18-22-12-7-6-10-20(22)16-26-25(28)24-15-9-8-11-21(24)17-31-23-13-4-3-5-14-23/h3-15,19,27H,16-18H2,1-2H3,(H,26,28). The molecule has 168 valence electrons. The van der Waals surface area contributed by atoms with E-state index in [1.54, 1.807) is 38.1 Å². The van der Waals surface area contributed by atoms with Gasteiger partial charge in [0.2, 0.25) is 10.0 Å². The zero-order chi connectivity index (χ0) is 23.0. The molecular formula is C25H28N2O4S. The maximum Gasteiger partial charge on any atom is 0.251 e. The molecule has 2 N–H and O–H groups in total. The third-order valence-electron chi connectivity index (χ3n) is 4.72. The van der Waals surface area contributed by atoms with Gasteiger partial charge in [0.15, 0.2) is 0 Å². The van der Waals surface area contributed by atoms with Crippen LogP contribution in [-0.4, -0.2) is 20.4 Å². The van der Waals surface area contributed by atoms with Gasteiger partial charge in [-0.15, -0.1) is 0 Å². The Bertz CT molecular complexity index is 1150. The van der Waals surface area contributed by atoms with Gasteiger partial charge in [0.05, 0.1) is 5.75 Å². The highest BCUT2D eigenvalue weighted by Gasteiger charge is 2.16. The third kappa shape index (κ3) is 6.93. The number of para-hydroxylation sites is 1. The number of amides is 1. The van der Waals surface area contributed by atoms with Gasteiger partial charge >= 0.3 is 0 Å². The van der Waals surface area contributed by atoms with Crippen LogP contribution in [0, 0.1) is 0 Å². The van der Waals surface area contributed by atoms with Crippen molar-refractivity contribution in [3.8, 4) is 5.75 Å². The van der Waals surface area contributed by atoms with Gasteiger partial charge in [-0.1, -0.05) is 60.7 Å². The molecule has 0 fully saturated rings. The van der Waals surface area contributed by atoms with Gasteiger partial charge in [-0.05, 0) is 43.2 Å². The minimum Gasteiger partial charge on any atom is -0.489 e. The molecule has 3 rings (SSSR count). The Morgan fingerprint density at radius 2 is 1.44 bits per heavy atom. The molecule has 0 aliphatic heterocycles. The highest BCUT2D eigenvalue weighted by atomic mass is 32.2. The van der Waals surface area contributed by atoms with Gasteiger partial charge in [-0.3, -0.25) is 4.79 Å². The maximum absolute atomic E-state index is 12.9. The predicted octanol–water partition coefficient (Wildman–Crippen LogP) is 4.02. The molecule has 32 heavy (non-hydrogen) atoms. The summed E-state index contributed by atoms with van der Waals surface area (Å²) in [5.41, 5.74) is 2.70. The van der Waals surface area contributed by atoms with Gasteiger partial charge in [-0.25, -0.2) is 13.1 Å². The first-order valence-electron chi connectivity index (χ1n) is 10.4. The Balaban J connectivity index is 1.68. The van der Waals surface area contributed by atoms with Crippen LogP contribution in [0.2, 0.25) is 0 Å². The van der Waals surface area contributed by atoms with Crippen LogP contribution in [0.25, 0.3) is 0 Å². The molecule has 0 heterocycles. The van der Waals surface area contributed by atoms with E-state index in [2.05, 4.69) is 10.0 Å². The Morgan fingerprint density at radius 1 is 0.844 bits per heavy atom. The van der Waals surface area contributed by atoms with Crippen molar-refractivity contribution in [2.45, 2.75) is 38.8 Å². The summed E-state index contributed by atoms with van der Waals surface area (Å²) in [6, 6.07) is 23.7. The molecule has 0 aliphatic carbocycles. The third-order valence-corrected chi connectivity index (χ3v) is 6.24. The molecule has 7 heteroatoms. The topological polar surface area (TPSA) is 84.5 Å². The fourth-order valence-corrected chi connectivity index (χ4v) is 4.79. The number of nitrogens with one attached hydrogen (secondary N) is 2. The van der Waals surface area contributed by atoms with Crippen LogP contribution in [0.5, 0.6) is 5.75 Å². The Labute approximate surface area is 189 Å². The van der Waals surface area contributed by atoms with Crippen LogP contribution in [0.15, 0.2) is 78.9 Å². The summed E-state index contributed by atoms with van der Waals surface area (Å²) in [5, 5.41) is 2.91. The van der Waals surface area contributed by atoms with E-state index in [1.165, 1.54) is 0 Å². The van der Waals surface area contributed by atoms with Crippen molar-refractivity contribution >= 4 is 15.9 Å². The Hall–Kier alpha value is -3.16. The van der Waals surface area contributed by atoms with Gasteiger partial charge in [0, 0.05) is 23.7 Å². The van der Waals surface area contributed by atoms with Crippen molar-refractivity contribution in [3.05, 3.63) is 101 Å². The number of carbonyl (C=O) groups excluding carboxylic acids is 1. The summed E-state index contributed by atoms with van der Waals surface area (Å²) in [6.45, 7) is 4.05. The van der Waals surface area contributed by atoms with E-state index < -0.39 is 10.0 Å². The number of sulfonamides is 1. The van der Waals surface area contributed by atoms with Crippen LogP contribution in [-0.2, 0) is 28.9 Å². The van der Waals surface area contributed by atoms with E-state index >= 15 is 0 Å².